The zero-order valence-corrected chi connectivity index (χ0v) is 15.1. The summed E-state index contributed by atoms with van der Waals surface area (Å²) >= 11 is 1.33. The molecule has 9 heteroatoms. The van der Waals surface area contributed by atoms with E-state index in [4.69, 9.17) is 4.74 Å². The summed E-state index contributed by atoms with van der Waals surface area (Å²) in [4.78, 5) is 39.0. The van der Waals surface area contributed by atoms with Gasteiger partial charge in [0.1, 0.15) is 6.54 Å². The second-order valence-electron chi connectivity index (χ2n) is 5.17. The maximum Gasteiger partial charge on any atom is 0.325 e. The first-order chi connectivity index (χ1) is 11.9. The normalized spacial score (nSPS) is 10.4. The maximum atomic E-state index is 11.9. The van der Waals surface area contributed by atoms with Crippen LogP contribution in [0.4, 0.5) is 15.6 Å². The van der Waals surface area contributed by atoms with Gasteiger partial charge in [-0.25, -0.2) is 9.78 Å². The number of urea groups is 1. The van der Waals surface area contributed by atoms with E-state index in [1.165, 1.54) is 11.3 Å². The second-order valence-corrected chi connectivity index (χ2v) is 6.20. The molecule has 1 heterocycles. The molecule has 0 aliphatic heterocycles. The maximum absolute atomic E-state index is 11.9. The second kappa shape index (κ2) is 8.43. The van der Waals surface area contributed by atoms with Crippen molar-refractivity contribution in [1.29, 1.82) is 0 Å². The Labute approximate surface area is 149 Å². The number of benzene rings is 1. The fraction of sp³-hybridized carbons (Fsp3) is 0.375. The number of aryl methyl sites for hydroxylation is 1. The van der Waals surface area contributed by atoms with E-state index < -0.39 is 12.0 Å². The van der Waals surface area contributed by atoms with Crippen LogP contribution >= 0.6 is 11.3 Å². The van der Waals surface area contributed by atoms with Gasteiger partial charge in [-0.05, 0) is 31.5 Å². The number of aromatic nitrogens is 1. The highest BCUT2D eigenvalue weighted by molar-refractivity contribution is 7.22. The Balaban J connectivity index is 2.07. The summed E-state index contributed by atoms with van der Waals surface area (Å²) in [5.74, 6) is -0.601. The van der Waals surface area contributed by atoms with Crippen LogP contribution in [-0.4, -0.2) is 36.0 Å². The predicted molar refractivity (Wildman–Crippen MR) is 96.9 cm³/mol. The minimum absolute atomic E-state index is 0.103. The number of carbonyl (C=O) groups excluding carboxylic acids is 3. The molecule has 0 spiro atoms. The number of fused-ring (bicyclic) bond motifs is 1. The lowest BCUT2D eigenvalue weighted by atomic mass is 10.2. The number of carbonyl (C=O) groups is 3. The molecule has 2 aromatic rings. The number of anilines is 2. The van der Waals surface area contributed by atoms with Crippen molar-refractivity contribution in [2.24, 2.45) is 0 Å². The van der Waals surface area contributed by atoms with Crippen LogP contribution in [0.1, 0.15) is 25.8 Å². The van der Waals surface area contributed by atoms with Crippen molar-refractivity contribution in [2.75, 3.05) is 23.8 Å². The fourth-order valence-corrected chi connectivity index (χ4v) is 3.07. The van der Waals surface area contributed by atoms with Crippen LogP contribution in [0.25, 0.3) is 10.2 Å². The molecule has 0 aliphatic rings. The minimum atomic E-state index is -0.504. The number of hydrogen-bond donors (Lipinski definition) is 3. The van der Waals surface area contributed by atoms with Gasteiger partial charge in [0.2, 0.25) is 5.91 Å². The first kappa shape index (κ1) is 18.7. The van der Waals surface area contributed by atoms with Crippen LogP contribution < -0.4 is 16.0 Å². The lowest BCUT2D eigenvalue weighted by molar-refractivity contribution is -0.141. The zero-order chi connectivity index (χ0) is 18.4. The summed E-state index contributed by atoms with van der Waals surface area (Å²) in [6, 6.07) is 3.04. The Kier molecular flexibility index (Phi) is 6.29. The predicted octanol–water partition coefficient (Wildman–Crippen LogP) is 2.64. The average Bonchev–Trinajstić information content (AvgIpc) is 2.96. The van der Waals surface area contributed by atoms with Gasteiger partial charge in [-0.2, -0.15) is 0 Å². The van der Waals surface area contributed by atoms with E-state index in [-0.39, 0.29) is 19.1 Å². The molecule has 134 valence electrons. The highest BCUT2D eigenvalue weighted by Gasteiger charge is 2.12. The topological polar surface area (TPSA) is 109 Å². The van der Waals surface area contributed by atoms with Crippen molar-refractivity contribution < 1.29 is 19.1 Å². The van der Waals surface area contributed by atoms with Gasteiger partial charge in [-0.15, -0.1) is 0 Å². The summed E-state index contributed by atoms with van der Waals surface area (Å²) in [5, 5.41) is 8.35. The minimum Gasteiger partial charge on any atom is -0.465 e. The molecule has 25 heavy (non-hydrogen) atoms. The molecule has 0 saturated carbocycles. The van der Waals surface area contributed by atoms with Gasteiger partial charge in [-0.3, -0.25) is 9.59 Å². The highest BCUT2D eigenvalue weighted by Crippen LogP contribution is 2.31. The van der Waals surface area contributed by atoms with Crippen LogP contribution in [0.5, 0.6) is 0 Å². The zero-order valence-electron chi connectivity index (χ0n) is 14.3. The van der Waals surface area contributed by atoms with Gasteiger partial charge in [0, 0.05) is 12.1 Å². The lowest BCUT2D eigenvalue weighted by Gasteiger charge is -2.08. The van der Waals surface area contributed by atoms with Gasteiger partial charge >= 0.3 is 12.0 Å². The number of thiazole rings is 1. The van der Waals surface area contributed by atoms with Crippen LogP contribution in [0.15, 0.2) is 12.1 Å². The number of hydrogen-bond acceptors (Lipinski definition) is 6. The number of nitrogens with one attached hydrogen (secondary N) is 3. The summed E-state index contributed by atoms with van der Waals surface area (Å²) in [7, 11) is 0. The Hall–Kier alpha value is -2.68. The van der Waals surface area contributed by atoms with Crippen molar-refractivity contribution >= 4 is 50.3 Å². The molecular formula is C16H20N4O4S. The number of amides is 3. The largest absolute Gasteiger partial charge is 0.465 e. The Bertz CT molecular complexity index is 803. The van der Waals surface area contributed by atoms with E-state index >= 15 is 0 Å². The molecule has 2 rings (SSSR count). The van der Waals surface area contributed by atoms with Crippen molar-refractivity contribution in [3.8, 4) is 0 Å². The highest BCUT2D eigenvalue weighted by atomic mass is 32.1. The molecule has 0 radical (unpaired) electrons. The standard InChI is InChI=1S/C16H20N4O4S/c1-4-12(21)19-16-20-14-9(3)6-10(7-11(14)25-16)18-15(23)17-8-13(22)24-5-2/h6-7H,4-5,8H2,1-3H3,(H2,17,18,23)(H,19,20,21). The third kappa shape index (κ3) is 5.15. The van der Waals surface area contributed by atoms with Gasteiger partial charge in [-0.1, -0.05) is 18.3 Å². The first-order valence-electron chi connectivity index (χ1n) is 7.84. The molecule has 0 fully saturated rings. The smallest absolute Gasteiger partial charge is 0.325 e. The van der Waals surface area contributed by atoms with E-state index in [1.54, 1.807) is 26.0 Å². The Morgan fingerprint density at radius 3 is 2.64 bits per heavy atom. The van der Waals surface area contributed by atoms with Crippen molar-refractivity contribution in [3.05, 3.63) is 17.7 Å². The summed E-state index contributed by atoms with van der Waals surface area (Å²) in [5.41, 5.74) is 2.21. The van der Waals surface area contributed by atoms with E-state index in [0.29, 0.717) is 17.2 Å². The number of rotatable bonds is 6. The molecule has 1 aromatic carbocycles. The quantitative estimate of drug-likeness (QED) is 0.683. The summed E-state index contributed by atoms with van der Waals surface area (Å²) < 4.78 is 5.58. The van der Waals surface area contributed by atoms with Gasteiger partial charge < -0.3 is 20.7 Å². The molecule has 0 saturated heterocycles. The molecule has 3 N–H and O–H groups in total. The van der Waals surface area contributed by atoms with Gasteiger partial charge in [0.15, 0.2) is 5.13 Å². The number of ether oxygens (including phenoxy) is 1. The van der Waals surface area contributed by atoms with Crippen molar-refractivity contribution in [1.82, 2.24) is 10.3 Å². The SMILES string of the molecule is CCOC(=O)CNC(=O)Nc1cc(C)c2nc(NC(=O)CC)sc2c1. The van der Waals surface area contributed by atoms with Crippen LogP contribution in [-0.2, 0) is 14.3 Å². The van der Waals surface area contributed by atoms with Crippen molar-refractivity contribution in [3.63, 3.8) is 0 Å². The summed E-state index contributed by atoms with van der Waals surface area (Å²) in [6.45, 7) is 5.40. The van der Waals surface area contributed by atoms with Gasteiger partial charge in [0.25, 0.3) is 0 Å². The Morgan fingerprint density at radius 2 is 1.96 bits per heavy atom. The van der Waals surface area contributed by atoms with E-state index in [2.05, 4.69) is 20.9 Å². The van der Waals surface area contributed by atoms with E-state index in [1.807, 2.05) is 6.92 Å². The third-order valence-corrected chi connectivity index (χ3v) is 4.13. The molecule has 0 atom stereocenters. The monoisotopic (exact) mass is 364 g/mol. The molecule has 8 nitrogen and oxygen atoms in total. The number of esters is 1. The molecular weight excluding hydrogens is 344 g/mol. The lowest BCUT2D eigenvalue weighted by Crippen LogP contribution is -2.34. The summed E-state index contributed by atoms with van der Waals surface area (Å²) in [6.07, 6.45) is 0.377. The Morgan fingerprint density at radius 1 is 1.20 bits per heavy atom. The number of nitrogens with zero attached hydrogens (tertiary/aromatic N) is 1. The first-order valence-corrected chi connectivity index (χ1v) is 8.66. The molecule has 0 bridgehead atoms. The molecule has 3 amide bonds. The molecule has 0 aliphatic carbocycles. The average molecular weight is 364 g/mol. The van der Waals surface area contributed by atoms with E-state index in [9.17, 15) is 14.4 Å². The molecule has 0 unspecified atom stereocenters. The van der Waals surface area contributed by atoms with Crippen LogP contribution in [0.3, 0.4) is 0 Å². The third-order valence-electron chi connectivity index (χ3n) is 3.21. The van der Waals surface area contributed by atoms with Crippen LogP contribution in [0.2, 0.25) is 0 Å². The van der Waals surface area contributed by atoms with Crippen molar-refractivity contribution in [2.45, 2.75) is 27.2 Å². The van der Waals surface area contributed by atoms with E-state index in [0.717, 1.165) is 15.8 Å². The van der Waals surface area contributed by atoms with Gasteiger partial charge in [0.05, 0.1) is 16.8 Å². The molecule has 1 aromatic heterocycles. The fourth-order valence-electron chi connectivity index (χ4n) is 2.07. The van der Waals surface area contributed by atoms with Crippen LogP contribution in [0, 0.1) is 6.92 Å².